The van der Waals surface area contributed by atoms with Gasteiger partial charge in [-0.2, -0.15) is 0 Å². The molecule has 1 aliphatic heterocycles. The molecule has 1 heterocycles. The Kier molecular flexibility index (Phi) is 8.25. The molecular weight excluding hydrogens is 467 g/mol. The van der Waals surface area contributed by atoms with Gasteiger partial charge in [-0.25, -0.2) is 0 Å². The summed E-state index contributed by atoms with van der Waals surface area (Å²) in [4.78, 5) is 17.8. The fourth-order valence-electron chi connectivity index (χ4n) is 3.28. The fourth-order valence-corrected chi connectivity index (χ4v) is 3.28. The highest BCUT2D eigenvalue weighted by atomic mass is 127. The Hall–Kier alpha value is -2.13. The third-order valence-corrected chi connectivity index (χ3v) is 4.80. The van der Waals surface area contributed by atoms with Gasteiger partial charge in [-0.05, 0) is 35.7 Å². The largest absolute Gasteiger partial charge is 0.370 e. The van der Waals surface area contributed by atoms with E-state index in [2.05, 4.69) is 34.3 Å². The van der Waals surface area contributed by atoms with Crippen LogP contribution >= 0.6 is 24.0 Å². The van der Waals surface area contributed by atoms with E-state index < -0.39 is 5.91 Å². The maximum atomic E-state index is 11.2. The molecule has 1 fully saturated rings. The molecule has 6 nitrogen and oxygen atoms in total. The third kappa shape index (κ3) is 5.45. The number of carbonyl (C=O) groups is 1. The van der Waals surface area contributed by atoms with Gasteiger partial charge in [0.2, 0.25) is 5.91 Å². The predicted octanol–water partition coefficient (Wildman–Crippen LogP) is 2.86. The van der Waals surface area contributed by atoms with Crippen LogP contribution in [0.2, 0.25) is 0 Å². The number of aliphatic imine (C=N–C) groups is 1. The molecule has 0 radical (unpaired) electrons. The number of morpholine rings is 1. The van der Waals surface area contributed by atoms with E-state index in [1.807, 2.05) is 24.3 Å². The van der Waals surface area contributed by atoms with Crippen molar-refractivity contribution in [1.29, 1.82) is 0 Å². The zero-order valence-corrected chi connectivity index (χ0v) is 18.6. The number of nitrogens with one attached hydrogen (secondary N) is 1. The Balaban J connectivity index is 0.00000280. The number of hydrogen-bond acceptors (Lipinski definition) is 3. The summed E-state index contributed by atoms with van der Waals surface area (Å²) in [6.07, 6.45) is 0.0355. The van der Waals surface area contributed by atoms with Crippen LogP contribution < -0.4 is 11.1 Å². The van der Waals surface area contributed by atoms with Crippen LogP contribution in [0.15, 0.2) is 53.5 Å². The number of guanidine groups is 1. The zero-order chi connectivity index (χ0) is 19.2. The molecule has 0 aliphatic carbocycles. The van der Waals surface area contributed by atoms with E-state index in [0.29, 0.717) is 18.7 Å². The predicted molar refractivity (Wildman–Crippen MR) is 122 cm³/mol. The monoisotopic (exact) mass is 494 g/mol. The smallest absolute Gasteiger partial charge is 0.248 e. The number of nitrogens with zero attached hydrogens (tertiary/aromatic N) is 2. The van der Waals surface area contributed by atoms with Crippen molar-refractivity contribution in [3.05, 3.63) is 70.8 Å². The molecule has 7 heteroatoms. The lowest BCUT2D eigenvalue weighted by molar-refractivity contribution is -0.00833. The van der Waals surface area contributed by atoms with Crippen LogP contribution in [0, 0.1) is 6.92 Å². The maximum absolute atomic E-state index is 11.2. The van der Waals surface area contributed by atoms with Gasteiger partial charge in [-0.3, -0.25) is 9.79 Å². The Morgan fingerprint density at radius 2 is 1.96 bits per heavy atom. The van der Waals surface area contributed by atoms with Crippen molar-refractivity contribution < 1.29 is 9.53 Å². The summed E-state index contributed by atoms with van der Waals surface area (Å²) >= 11 is 0. The van der Waals surface area contributed by atoms with Crippen molar-refractivity contribution in [2.45, 2.75) is 19.6 Å². The van der Waals surface area contributed by atoms with Crippen LogP contribution in [-0.2, 0) is 11.3 Å². The first kappa shape index (κ1) is 22.2. The second kappa shape index (κ2) is 10.4. The van der Waals surface area contributed by atoms with Gasteiger partial charge in [0.1, 0.15) is 6.10 Å². The molecule has 1 unspecified atom stereocenters. The summed E-state index contributed by atoms with van der Waals surface area (Å²) in [5.74, 6) is 0.428. The van der Waals surface area contributed by atoms with Gasteiger partial charge in [0.15, 0.2) is 5.96 Å². The highest BCUT2D eigenvalue weighted by Crippen LogP contribution is 2.25. The minimum atomic E-state index is -0.416. The van der Waals surface area contributed by atoms with Gasteiger partial charge in [0, 0.05) is 25.7 Å². The summed E-state index contributed by atoms with van der Waals surface area (Å²) in [7, 11) is 1.79. The summed E-state index contributed by atoms with van der Waals surface area (Å²) < 4.78 is 6.00. The average Bonchev–Trinajstić information content (AvgIpc) is 2.69. The second-order valence-corrected chi connectivity index (χ2v) is 6.62. The van der Waals surface area contributed by atoms with E-state index in [0.717, 1.165) is 24.6 Å². The van der Waals surface area contributed by atoms with Crippen molar-refractivity contribution in [2.24, 2.45) is 10.7 Å². The topological polar surface area (TPSA) is 79.9 Å². The molecular formula is C21H27IN4O2. The van der Waals surface area contributed by atoms with Crippen LogP contribution in [-0.4, -0.2) is 43.5 Å². The Morgan fingerprint density at radius 1 is 1.25 bits per heavy atom. The minimum Gasteiger partial charge on any atom is -0.370 e. The summed E-state index contributed by atoms with van der Waals surface area (Å²) in [5, 5.41) is 3.39. The highest BCUT2D eigenvalue weighted by molar-refractivity contribution is 14.0. The molecule has 1 atom stereocenters. The molecule has 0 spiro atoms. The van der Waals surface area contributed by atoms with Crippen LogP contribution in [0.5, 0.6) is 0 Å². The molecule has 1 amide bonds. The van der Waals surface area contributed by atoms with Crippen LogP contribution in [0.25, 0.3) is 0 Å². The van der Waals surface area contributed by atoms with E-state index in [1.54, 1.807) is 19.2 Å². The molecule has 3 rings (SSSR count). The molecule has 28 heavy (non-hydrogen) atoms. The van der Waals surface area contributed by atoms with E-state index in [-0.39, 0.29) is 30.1 Å². The van der Waals surface area contributed by atoms with Gasteiger partial charge in [-0.1, -0.05) is 36.4 Å². The van der Waals surface area contributed by atoms with Crippen molar-refractivity contribution in [3.63, 3.8) is 0 Å². The van der Waals surface area contributed by atoms with Crippen molar-refractivity contribution in [1.82, 2.24) is 10.2 Å². The molecule has 2 aromatic carbocycles. The first-order valence-electron chi connectivity index (χ1n) is 9.10. The number of amides is 1. The lowest BCUT2D eigenvalue weighted by Crippen LogP contribution is -2.48. The number of hydrogen-bond donors (Lipinski definition) is 2. The lowest BCUT2D eigenvalue weighted by atomic mass is 10.0. The number of aryl methyl sites for hydroxylation is 1. The molecule has 150 valence electrons. The van der Waals surface area contributed by atoms with E-state index in [1.165, 1.54) is 11.1 Å². The molecule has 0 bridgehead atoms. The fraction of sp³-hybridized carbons (Fsp3) is 0.333. The van der Waals surface area contributed by atoms with Crippen molar-refractivity contribution >= 4 is 35.8 Å². The Bertz CT molecular complexity index is 823. The quantitative estimate of drug-likeness (QED) is 0.389. The Morgan fingerprint density at radius 3 is 2.61 bits per heavy atom. The number of nitrogens with two attached hydrogens (primary N) is 1. The van der Waals surface area contributed by atoms with Crippen molar-refractivity contribution in [2.75, 3.05) is 26.7 Å². The second-order valence-electron chi connectivity index (χ2n) is 6.62. The maximum Gasteiger partial charge on any atom is 0.248 e. The van der Waals surface area contributed by atoms with Gasteiger partial charge in [-0.15, -0.1) is 24.0 Å². The van der Waals surface area contributed by atoms with Gasteiger partial charge in [0.05, 0.1) is 13.2 Å². The number of ether oxygens (including phenoxy) is 1. The summed E-state index contributed by atoms with van der Waals surface area (Å²) in [6, 6.07) is 15.6. The number of primary amides is 1. The van der Waals surface area contributed by atoms with Crippen molar-refractivity contribution in [3.8, 4) is 0 Å². The minimum absolute atomic E-state index is 0. The molecule has 3 N–H and O–H groups in total. The molecule has 0 aromatic heterocycles. The summed E-state index contributed by atoms with van der Waals surface area (Å²) in [5.41, 5.74) is 9.32. The van der Waals surface area contributed by atoms with E-state index in [9.17, 15) is 4.79 Å². The van der Waals surface area contributed by atoms with Crippen LogP contribution in [0.3, 0.4) is 0 Å². The van der Waals surface area contributed by atoms with Gasteiger partial charge >= 0.3 is 0 Å². The van der Waals surface area contributed by atoms with E-state index in [4.69, 9.17) is 10.5 Å². The molecule has 1 aliphatic rings. The third-order valence-electron chi connectivity index (χ3n) is 4.80. The average molecular weight is 494 g/mol. The Labute approximate surface area is 183 Å². The zero-order valence-electron chi connectivity index (χ0n) is 16.2. The standard InChI is InChI=1S/C21H26N4O2.HI/c1-15-5-3-4-6-18(15)19-14-25(11-12-27-19)21(23-2)24-13-16-7-9-17(10-8-16)20(22)26;/h3-10,19H,11-14H2,1-2H3,(H2,22,26)(H,23,24);1H. The molecule has 2 aromatic rings. The van der Waals surface area contributed by atoms with Crippen LogP contribution in [0.1, 0.15) is 33.2 Å². The molecule has 1 saturated heterocycles. The van der Waals surface area contributed by atoms with E-state index >= 15 is 0 Å². The lowest BCUT2D eigenvalue weighted by Gasteiger charge is -2.35. The van der Waals surface area contributed by atoms with Gasteiger partial charge in [0.25, 0.3) is 0 Å². The van der Waals surface area contributed by atoms with Gasteiger partial charge < -0.3 is 20.7 Å². The highest BCUT2D eigenvalue weighted by Gasteiger charge is 2.25. The number of halogens is 1. The number of rotatable bonds is 4. The number of benzene rings is 2. The SMILES string of the molecule is CN=C(NCc1ccc(C(N)=O)cc1)N1CCOC(c2ccccc2C)C1.I. The first-order chi connectivity index (χ1) is 13.1. The molecule has 0 saturated carbocycles. The first-order valence-corrected chi connectivity index (χ1v) is 9.10. The van der Waals surface area contributed by atoms with Crippen LogP contribution in [0.4, 0.5) is 0 Å². The normalized spacial score (nSPS) is 17.0. The number of carbonyl (C=O) groups excluding carboxylic acids is 1. The summed E-state index contributed by atoms with van der Waals surface area (Å²) in [6.45, 7) is 4.94.